The number of rotatable bonds is 2. The van der Waals surface area contributed by atoms with Crippen molar-refractivity contribution in [1.29, 1.82) is 0 Å². The van der Waals surface area contributed by atoms with Gasteiger partial charge >= 0.3 is 6.09 Å². The molecule has 126 valence electrons. The quantitative estimate of drug-likeness (QED) is 0.818. The van der Waals surface area contributed by atoms with E-state index in [-0.39, 0.29) is 19.0 Å². The lowest BCUT2D eigenvalue weighted by Gasteiger charge is -2.32. The maximum absolute atomic E-state index is 13.8. The van der Waals surface area contributed by atoms with Gasteiger partial charge in [0.15, 0.2) is 0 Å². The van der Waals surface area contributed by atoms with Crippen molar-refractivity contribution in [3.8, 4) is 0 Å². The zero-order valence-electron chi connectivity index (χ0n) is 13.6. The molecule has 3 N–H and O–H groups in total. The van der Waals surface area contributed by atoms with E-state index in [0.29, 0.717) is 11.3 Å². The molecule has 0 saturated heterocycles. The van der Waals surface area contributed by atoms with Crippen LogP contribution in [0.2, 0.25) is 0 Å². The topological polar surface area (TPSA) is 85.9 Å². The minimum atomic E-state index is -1.21. The van der Waals surface area contributed by atoms with Gasteiger partial charge in [0.25, 0.3) is 0 Å². The number of amides is 1. The van der Waals surface area contributed by atoms with Crippen LogP contribution in [0, 0.1) is 0 Å². The lowest BCUT2D eigenvalue weighted by Crippen LogP contribution is -2.46. The number of ether oxygens (including phenoxy) is 2. The van der Waals surface area contributed by atoms with Gasteiger partial charge in [0.2, 0.25) is 0 Å². The average molecular weight is 323 g/mol. The number of hydrogen-bond donors (Lipinski definition) is 2. The monoisotopic (exact) mass is 323 g/mol. The van der Waals surface area contributed by atoms with Crippen molar-refractivity contribution in [2.75, 3.05) is 25.6 Å². The molecule has 1 aromatic rings. The van der Waals surface area contributed by atoms with Crippen molar-refractivity contribution in [1.82, 2.24) is 5.32 Å². The van der Waals surface area contributed by atoms with Crippen LogP contribution in [0.25, 0.3) is 0 Å². The van der Waals surface area contributed by atoms with Gasteiger partial charge in [-0.2, -0.15) is 0 Å². The van der Waals surface area contributed by atoms with Crippen LogP contribution >= 0.6 is 0 Å². The standard InChI is InChI=1S/C16H22FN3O3/c1-15(2,3)23-14(21)19-13-8-22-10-16(9-17,20-13)11-5-4-6-12(18)7-11/h4-7H,8-10,18H2,1-3H3,(H,19,20,21). The number of nitrogens with zero attached hydrogens (tertiary/aromatic N) is 1. The minimum absolute atomic E-state index is 0.0758. The Bertz CT molecular complexity index is 613. The van der Waals surface area contributed by atoms with Gasteiger partial charge in [0.1, 0.15) is 30.3 Å². The molecule has 23 heavy (non-hydrogen) atoms. The van der Waals surface area contributed by atoms with Crippen LogP contribution in [-0.4, -0.2) is 37.4 Å². The Balaban J connectivity index is 2.23. The molecule has 0 fully saturated rings. The number of alkyl carbamates (subject to hydrolysis) is 1. The van der Waals surface area contributed by atoms with Crippen LogP contribution in [-0.2, 0) is 15.0 Å². The predicted molar refractivity (Wildman–Crippen MR) is 86.1 cm³/mol. The predicted octanol–water partition coefficient (Wildman–Crippen LogP) is 2.39. The number of hydrogen-bond acceptors (Lipinski definition) is 5. The number of halogens is 1. The van der Waals surface area contributed by atoms with Gasteiger partial charge in [0, 0.05) is 5.69 Å². The van der Waals surface area contributed by atoms with Crippen molar-refractivity contribution in [2.24, 2.45) is 4.99 Å². The molecule has 0 spiro atoms. The summed E-state index contributed by atoms with van der Waals surface area (Å²) < 4.78 is 24.4. The smallest absolute Gasteiger partial charge is 0.413 e. The summed E-state index contributed by atoms with van der Waals surface area (Å²) in [7, 11) is 0. The zero-order chi connectivity index (χ0) is 17.1. The van der Waals surface area contributed by atoms with Crippen molar-refractivity contribution >= 4 is 17.6 Å². The zero-order valence-corrected chi connectivity index (χ0v) is 13.6. The van der Waals surface area contributed by atoms with Crippen molar-refractivity contribution in [3.05, 3.63) is 29.8 Å². The molecular formula is C16H22FN3O3. The third kappa shape index (κ3) is 4.41. The van der Waals surface area contributed by atoms with Crippen molar-refractivity contribution in [2.45, 2.75) is 31.9 Å². The number of nitrogen functional groups attached to an aromatic ring is 1. The summed E-state index contributed by atoms with van der Waals surface area (Å²) in [6, 6.07) is 6.83. The lowest BCUT2D eigenvalue weighted by atomic mass is 9.91. The summed E-state index contributed by atoms with van der Waals surface area (Å²) >= 11 is 0. The highest BCUT2D eigenvalue weighted by molar-refractivity contribution is 5.96. The SMILES string of the molecule is CC(C)(C)OC(=O)NC1=NC(CF)(c2cccc(N)c2)COC1. The van der Waals surface area contributed by atoms with Crippen molar-refractivity contribution in [3.63, 3.8) is 0 Å². The Morgan fingerprint density at radius 2 is 2.26 bits per heavy atom. The van der Waals surface area contributed by atoms with E-state index in [4.69, 9.17) is 15.2 Å². The summed E-state index contributed by atoms with van der Waals surface area (Å²) in [6.07, 6.45) is -0.651. The largest absolute Gasteiger partial charge is 0.444 e. The molecule has 6 nitrogen and oxygen atoms in total. The normalized spacial score (nSPS) is 21.5. The van der Waals surface area contributed by atoms with Crippen LogP contribution in [0.5, 0.6) is 0 Å². The fourth-order valence-corrected chi connectivity index (χ4v) is 2.25. The van der Waals surface area contributed by atoms with E-state index < -0.39 is 23.9 Å². The second-order valence-electron chi connectivity index (χ2n) is 6.47. The molecule has 0 radical (unpaired) electrons. The summed E-state index contributed by atoms with van der Waals surface area (Å²) in [6.45, 7) is 4.66. The van der Waals surface area contributed by atoms with Crippen LogP contribution in [0.3, 0.4) is 0 Å². The van der Waals surface area contributed by atoms with E-state index in [2.05, 4.69) is 10.3 Å². The van der Waals surface area contributed by atoms with Crippen LogP contribution in [0.4, 0.5) is 14.9 Å². The maximum Gasteiger partial charge on any atom is 0.413 e. The van der Waals surface area contributed by atoms with E-state index in [1.807, 2.05) is 0 Å². The third-order valence-corrected chi connectivity index (χ3v) is 3.22. The van der Waals surface area contributed by atoms with E-state index in [9.17, 15) is 9.18 Å². The van der Waals surface area contributed by atoms with E-state index in [1.54, 1.807) is 45.0 Å². The molecule has 0 aromatic heterocycles. The number of carbonyl (C=O) groups excluding carboxylic acids is 1. The van der Waals surface area contributed by atoms with Gasteiger partial charge in [-0.05, 0) is 38.5 Å². The number of carbonyl (C=O) groups is 1. The van der Waals surface area contributed by atoms with Crippen LogP contribution < -0.4 is 11.1 Å². The van der Waals surface area contributed by atoms with Gasteiger partial charge < -0.3 is 15.2 Å². The first-order valence-corrected chi connectivity index (χ1v) is 7.32. The first-order chi connectivity index (χ1) is 10.7. The molecule has 1 unspecified atom stereocenters. The Labute approximate surface area is 134 Å². The summed E-state index contributed by atoms with van der Waals surface area (Å²) in [5.74, 6) is 0.227. The second kappa shape index (κ2) is 6.54. The molecule has 1 heterocycles. The Morgan fingerprint density at radius 1 is 1.52 bits per heavy atom. The number of alkyl halides is 1. The number of amidine groups is 1. The Kier molecular flexibility index (Phi) is 4.89. The maximum atomic E-state index is 13.8. The number of aliphatic imine (C=N–C) groups is 1. The number of benzene rings is 1. The lowest BCUT2D eigenvalue weighted by molar-refractivity contribution is 0.0530. The summed E-state index contributed by atoms with van der Waals surface area (Å²) in [4.78, 5) is 16.2. The fraction of sp³-hybridized carbons (Fsp3) is 0.500. The first kappa shape index (κ1) is 17.2. The number of anilines is 1. The highest BCUT2D eigenvalue weighted by Crippen LogP contribution is 2.30. The van der Waals surface area contributed by atoms with E-state index >= 15 is 0 Å². The summed E-state index contributed by atoms with van der Waals surface area (Å²) in [5, 5.41) is 2.51. The third-order valence-electron chi connectivity index (χ3n) is 3.22. The Hall–Kier alpha value is -2.15. The molecular weight excluding hydrogens is 301 g/mol. The van der Waals surface area contributed by atoms with Gasteiger partial charge in [-0.1, -0.05) is 12.1 Å². The number of nitrogens with two attached hydrogens (primary N) is 1. The highest BCUT2D eigenvalue weighted by atomic mass is 19.1. The van der Waals surface area contributed by atoms with Gasteiger partial charge in [0.05, 0.1) is 6.61 Å². The molecule has 1 aliphatic heterocycles. The molecule has 1 atom stereocenters. The molecule has 1 aliphatic rings. The molecule has 1 amide bonds. The first-order valence-electron chi connectivity index (χ1n) is 7.32. The summed E-state index contributed by atoms with van der Waals surface area (Å²) in [5.41, 5.74) is 5.03. The molecule has 0 bridgehead atoms. The molecule has 7 heteroatoms. The number of nitrogens with one attached hydrogen (secondary N) is 1. The van der Waals surface area contributed by atoms with Crippen molar-refractivity contribution < 1.29 is 18.7 Å². The molecule has 0 aliphatic carbocycles. The van der Waals surface area contributed by atoms with Gasteiger partial charge in [-0.15, -0.1) is 0 Å². The van der Waals surface area contributed by atoms with Gasteiger partial charge in [-0.3, -0.25) is 10.3 Å². The molecule has 2 rings (SSSR count). The van der Waals surface area contributed by atoms with Gasteiger partial charge in [-0.25, -0.2) is 9.18 Å². The van der Waals surface area contributed by atoms with E-state index in [1.165, 1.54) is 0 Å². The highest BCUT2D eigenvalue weighted by Gasteiger charge is 2.36. The molecule has 1 aromatic carbocycles. The van der Waals surface area contributed by atoms with E-state index in [0.717, 1.165) is 0 Å². The average Bonchev–Trinajstić information content (AvgIpc) is 2.45. The molecule has 0 saturated carbocycles. The van der Waals surface area contributed by atoms with Crippen LogP contribution in [0.15, 0.2) is 29.3 Å². The van der Waals surface area contributed by atoms with Crippen LogP contribution in [0.1, 0.15) is 26.3 Å². The Morgan fingerprint density at radius 3 is 2.87 bits per heavy atom. The second-order valence-corrected chi connectivity index (χ2v) is 6.47. The fourth-order valence-electron chi connectivity index (χ4n) is 2.25. The minimum Gasteiger partial charge on any atom is -0.444 e.